The first-order chi connectivity index (χ1) is 14.1. The highest BCUT2D eigenvalue weighted by Gasteiger charge is 2.30. The number of aromatic nitrogens is 2. The van der Waals surface area contributed by atoms with E-state index in [2.05, 4.69) is 0 Å². The van der Waals surface area contributed by atoms with Gasteiger partial charge in [-0.2, -0.15) is 5.10 Å². The average Bonchev–Trinajstić information content (AvgIpc) is 3.18. The number of nitrogens with two attached hydrogens (primary N) is 1. The Hall–Kier alpha value is -3.41. The van der Waals surface area contributed by atoms with E-state index < -0.39 is 0 Å². The van der Waals surface area contributed by atoms with Crippen molar-refractivity contribution in [2.24, 2.45) is 11.7 Å². The van der Waals surface area contributed by atoms with E-state index in [9.17, 15) is 9.59 Å². The molecule has 2 amide bonds. The van der Waals surface area contributed by atoms with Crippen LogP contribution < -0.4 is 5.73 Å². The Balaban J connectivity index is 1.67. The van der Waals surface area contributed by atoms with Gasteiger partial charge in [0.2, 0.25) is 5.91 Å². The molecule has 29 heavy (non-hydrogen) atoms. The standard InChI is InChI=1S/C23H24N4O2/c24-22(28)19-12-7-13-26(15-19)23(29)20-16-27(14-17-8-3-1-4-9-17)25-21(20)18-10-5-2-6-11-18/h1-6,8-11,16,19H,7,12-15H2,(H2,24,28). The van der Waals surface area contributed by atoms with Gasteiger partial charge < -0.3 is 10.6 Å². The van der Waals surface area contributed by atoms with E-state index >= 15 is 0 Å². The number of amides is 2. The number of hydrogen-bond acceptors (Lipinski definition) is 3. The van der Waals surface area contributed by atoms with E-state index in [0.29, 0.717) is 30.9 Å². The smallest absolute Gasteiger partial charge is 0.257 e. The largest absolute Gasteiger partial charge is 0.369 e. The third-order valence-electron chi connectivity index (χ3n) is 5.34. The summed E-state index contributed by atoms with van der Waals surface area (Å²) < 4.78 is 1.81. The van der Waals surface area contributed by atoms with Crippen LogP contribution in [0.25, 0.3) is 11.3 Å². The molecule has 3 aromatic rings. The fraction of sp³-hybridized carbons (Fsp3) is 0.261. The molecule has 1 aliphatic heterocycles. The first-order valence-electron chi connectivity index (χ1n) is 9.87. The summed E-state index contributed by atoms with van der Waals surface area (Å²) in [6, 6.07) is 19.7. The maximum absolute atomic E-state index is 13.3. The Morgan fingerprint density at radius 2 is 1.72 bits per heavy atom. The van der Waals surface area contributed by atoms with Gasteiger partial charge >= 0.3 is 0 Å². The number of carbonyl (C=O) groups is 2. The zero-order chi connectivity index (χ0) is 20.2. The van der Waals surface area contributed by atoms with Crippen molar-refractivity contribution in [1.82, 2.24) is 14.7 Å². The minimum absolute atomic E-state index is 0.103. The predicted octanol–water partition coefficient (Wildman–Crippen LogP) is 2.94. The zero-order valence-electron chi connectivity index (χ0n) is 16.2. The molecule has 1 aliphatic rings. The van der Waals surface area contributed by atoms with Gasteiger partial charge in [-0.3, -0.25) is 14.3 Å². The number of nitrogens with zero attached hydrogens (tertiary/aromatic N) is 3. The number of rotatable bonds is 5. The Morgan fingerprint density at radius 1 is 1.03 bits per heavy atom. The molecule has 1 saturated heterocycles. The minimum atomic E-state index is -0.342. The summed E-state index contributed by atoms with van der Waals surface area (Å²) >= 11 is 0. The van der Waals surface area contributed by atoms with Crippen molar-refractivity contribution < 1.29 is 9.59 Å². The number of benzene rings is 2. The van der Waals surface area contributed by atoms with Gasteiger partial charge in [-0.25, -0.2) is 0 Å². The van der Waals surface area contributed by atoms with Crippen molar-refractivity contribution in [1.29, 1.82) is 0 Å². The third kappa shape index (κ3) is 4.21. The van der Waals surface area contributed by atoms with Crippen LogP contribution in [0.5, 0.6) is 0 Å². The summed E-state index contributed by atoms with van der Waals surface area (Å²) in [7, 11) is 0. The molecule has 0 spiro atoms. The van der Waals surface area contributed by atoms with Crippen molar-refractivity contribution in [3.05, 3.63) is 78.0 Å². The van der Waals surface area contributed by atoms with E-state index in [1.54, 1.807) is 9.58 Å². The van der Waals surface area contributed by atoms with Crippen LogP contribution in [0.15, 0.2) is 66.9 Å². The Morgan fingerprint density at radius 3 is 2.41 bits per heavy atom. The van der Waals surface area contributed by atoms with Gasteiger partial charge in [0.05, 0.1) is 18.0 Å². The Kier molecular flexibility index (Phi) is 5.42. The molecule has 0 saturated carbocycles. The van der Waals surface area contributed by atoms with E-state index in [-0.39, 0.29) is 17.7 Å². The highest BCUT2D eigenvalue weighted by Crippen LogP contribution is 2.26. The molecule has 1 aromatic heterocycles. The molecule has 6 nitrogen and oxygen atoms in total. The van der Waals surface area contributed by atoms with E-state index in [1.165, 1.54) is 0 Å². The van der Waals surface area contributed by atoms with E-state index in [4.69, 9.17) is 10.8 Å². The fourth-order valence-electron chi connectivity index (χ4n) is 3.80. The molecule has 2 heterocycles. The van der Waals surface area contributed by atoms with Gasteiger partial charge in [0.1, 0.15) is 5.69 Å². The first-order valence-corrected chi connectivity index (χ1v) is 9.87. The first kappa shape index (κ1) is 18.9. The summed E-state index contributed by atoms with van der Waals surface area (Å²) in [5.74, 6) is -0.730. The normalized spacial score (nSPS) is 16.6. The van der Waals surface area contributed by atoms with Crippen molar-refractivity contribution in [3.63, 3.8) is 0 Å². The molecule has 0 radical (unpaired) electrons. The van der Waals surface area contributed by atoms with Crippen LogP contribution >= 0.6 is 0 Å². The second-order valence-corrected chi connectivity index (χ2v) is 7.43. The lowest BCUT2D eigenvalue weighted by atomic mass is 9.96. The van der Waals surface area contributed by atoms with Crippen LogP contribution in [0, 0.1) is 5.92 Å². The molecule has 2 N–H and O–H groups in total. The van der Waals surface area contributed by atoms with Crippen LogP contribution in [0.3, 0.4) is 0 Å². The van der Waals surface area contributed by atoms with Crippen molar-refractivity contribution in [3.8, 4) is 11.3 Å². The fourth-order valence-corrected chi connectivity index (χ4v) is 3.80. The molecule has 1 unspecified atom stereocenters. The average molecular weight is 388 g/mol. The number of carbonyl (C=O) groups excluding carboxylic acids is 2. The summed E-state index contributed by atoms with van der Waals surface area (Å²) in [5, 5.41) is 4.72. The van der Waals surface area contributed by atoms with Gasteiger partial charge in [-0.15, -0.1) is 0 Å². The van der Waals surface area contributed by atoms with Crippen LogP contribution in [0.4, 0.5) is 0 Å². The lowest BCUT2D eigenvalue weighted by Crippen LogP contribution is -2.44. The lowest BCUT2D eigenvalue weighted by molar-refractivity contribution is -0.123. The molecule has 0 bridgehead atoms. The van der Waals surface area contributed by atoms with Crippen LogP contribution in [-0.4, -0.2) is 39.6 Å². The maximum atomic E-state index is 13.3. The second-order valence-electron chi connectivity index (χ2n) is 7.43. The van der Waals surface area contributed by atoms with Crippen LogP contribution in [0.2, 0.25) is 0 Å². The summed E-state index contributed by atoms with van der Waals surface area (Å²) in [6.45, 7) is 1.57. The monoisotopic (exact) mass is 388 g/mol. The van der Waals surface area contributed by atoms with Gasteiger partial charge in [-0.05, 0) is 18.4 Å². The van der Waals surface area contributed by atoms with Gasteiger partial charge in [0.25, 0.3) is 5.91 Å². The minimum Gasteiger partial charge on any atom is -0.369 e. The van der Waals surface area contributed by atoms with Gasteiger partial charge in [0, 0.05) is 24.8 Å². The lowest BCUT2D eigenvalue weighted by Gasteiger charge is -2.31. The highest BCUT2D eigenvalue weighted by atomic mass is 16.2. The molecule has 4 rings (SSSR count). The quantitative estimate of drug-likeness (QED) is 0.730. The molecule has 0 aliphatic carbocycles. The van der Waals surface area contributed by atoms with Gasteiger partial charge in [-0.1, -0.05) is 60.7 Å². The second kappa shape index (κ2) is 8.31. The maximum Gasteiger partial charge on any atom is 0.257 e. The van der Waals surface area contributed by atoms with Gasteiger partial charge in [0.15, 0.2) is 0 Å². The topological polar surface area (TPSA) is 81.2 Å². The van der Waals surface area contributed by atoms with E-state index in [0.717, 1.165) is 24.0 Å². The summed E-state index contributed by atoms with van der Waals surface area (Å²) in [4.78, 5) is 26.7. The SMILES string of the molecule is NC(=O)C1CCCN(C(=O)c2cn(Cc3ccccc3)nc2-c2ccccc2)C1. The number of piperidine rings is 1. The molecule has 1 atom stereocenters. The summed E-state index contributed by atoms with van der Waals surface area (Å²) in [6.07, 6.45) is 3.32. The van der Waals surface area contributed by atoms with Crippen LogP contribution in [-0.2, 0) is 11.3 Å². The predicted molar refractivity (Wildman–Crippen MR) is 111 cm³/mol. The third-order valence-corrected chi connectivity index (χ3v) is 5.34. The summed E-state index contributed by atoms with van der Waals surface area (Å²) in [5.41, 5.74) is 8.70. The number of likely N-dealkylation sites (tertiary alicyclic amines) is 1. The molecular formula is C23H24N4O2. The van der Waals surface area contributed by atoms with Crippen LogP contribution in [0.1, 0.15) is 28.8 Å². The zero-order valence-corrected chi connectivity index (χ0v) is 16.2. The molecule has 1 fully saturated rings. The van der Waals surface area contributed by atoms with Crippen molar-refractivity contribution >= 4 is 11.8 Å². The number of hydrogen-bond donors (Lipinski definition) is 1. The van der Waals surface area contributed by atoms with Crippen molar-refractivity contribution in [2.75, 3.05) is 13.1 Å². The Bertz CT molecular complexity index is 998. The molecular weight excluding hydrogens is 364 g/mol. The molecule has 148 valence electrons. The van der Waals surface area contributed by atoms with E-state index in [1.807, 2.05) is 66.9 Å². The Labute approximate surface area is 169 Å². The molecule has 2 aromatic carbocycles. The highest BCUT2D eigenvalue weighted by molar-refractivity contribution is 6.00. The number of primary amides is 1. The molecule has 6 heteroatoms. The van der Waals surface area contributed by atoms with Crippen molar-refractivity contribution in [2.45, 2.75) is 19.4 Å².